The Morgan fingerprint density at radius 2 is 2.17 bits per heavy atom. The molecular formula is C13H18N4O. The highest BCUT2D eigenvalue weighted by atomic mass is 16.3. The molecule has 0 amide bonds. The first-order valence-corrected chi connectivity index (χ1v) is 5.85. The predicted octanol–water partition coefficient (Wildman–Crippen LogP) is 1.25. The largest absolute Gasteiger partial charge is 0.392 e. The Labute approximate surface area is 107 Å². The van der Waals surface area contributed by atoms with Gasteiger partial charge in [0.05, 0.1) is 13.2 Å². The molecule has 5 nitrogen and oxygen atoms in total. The normalized spacial score (nSPS) is 10.7. The van der Waals surface area contributed by atoms with Crippen LogP contribution in [0.1, 0.15) is 17.1 Å². The van der Waals surface area contributed by atoms with E-state index in [4.69, 9.17) is 0 Å². The SMILES string of the molecule is Cc1cc(N(C)Cc2nccn2C)c(CO)cn1. The average Bonchev–Trinajstić information content (AvgIpc) is 2.75. The lowest BCUT2D eigenvalue weighted by Gasteiger charge is -2.21. The van der Waals surface area contributed by atoms with E-state index in [1.807, 2.05) is 37.8 Å². The summed E-state index contributed by atoms with van der Waals surface area (Å²) in [6.45, 7) is 2.63. The van der Waals surface area contributed by atoms with Crippen LogP contribution >= 0.6 is 0 Å². The standard InChI is InChI=1S/C13H18N4O/c1-10-6-12(11(9-18)7-15-10)17(3)8-13-14-4-5-16(13)2/h4-7,18H,8-9H2,1-3H3. The van der Waals surface area contributed by atoms with Crippen molar-refractivity contribution >= 4 is 5.69 Å². The van der Waals surface area contributed by atoms with Crippen molar-refractivity contribution in [1.82, 2.24) is 14.5 Å². The molecule has 0 aliphatic rings. The van der Waals surface area contributed by atoms with Gasteiger partial charge in [-0.1, -0.05) is 0 Å². The third-order valence-electron chi connectivity index (χ3n) is 2.98. The number of pyridine rings is 1. The molecule has 2 heterocycles. The van der Waals surface area contributed by atoms with Crippen LogP contribution in [0.25, 0.3) is 0 Å². The first kappa shape index (κ1) is 12.6. The number of hydrogen-bond acceptors (Lipinski definition) is 4. The minimum absolute atomic E-state index is 0.00643. The zero-order valence-electron chi connectivity index (χ0n) is 11.0. The second-order valence-electron chi connectivity index (χ2n) is 4.42. The predicted molar refractivity (Wildman–Crippen MR) is 70.2 cm³/mol. The fraction of sp³-hybridized carbons (Fsp3) is 0.385. The van der Waals surface area contributed by atoms with Crippen molar-refractivity contribution < 1.29 is 5.11 Å². The molecule has 0 aliphatic carbocycles. The van der Waals surface area contributed by atoms with Crippen molar-refractivity contribution in [2.24, 2.45) is 7.05 Å². The third kappa shape index (κ3) is 2.51. The molecule has 0 saturated carbocycles. The van der Waals surface area contributed by atoms with E-state index in [2.05, 4.69) is 14.9 Å². The Morgan fingerprint density at radius 1 is 1.39 bits per heavy atom. The second kappa shape index (κ2) is 5.18. The van der Waals surface area contributed by atoms with Gasteiger partial charge in [-0.15, -0.1) is 0 Å². The van der Waals surface area contributed by atoms with Crippen LogP contribution in [0.4, 0.5) is 5.69 Å². The monoisotopic (exact) mass is 246 g/mol. The molecule has 18 heavy (non-hydrogen) atoms. The highest BCUT2D eigenvalue weighted by Gasteiger charge is 2.10. The lowest BCUT2D eigenvalue weighted by molar-refractivity contribution is 0.281. The van der Waals surface area contributed by atoms with Gasteiger partial charge in [0.1, 0.15) is 5.82 Å². The maximum atomic E-state index is 9.35. The van der Waals surface area contributed by atoms with Gasteiger partial charge in [0, 0.05) is 49.6 Å². The Hall–Kier alpha value is -1.88. The number of imidazole rings is 1. The maximum absolute atomic E-state index is 9.35. The van der Waals surface area contributed by atoms with Crippen LogP contribution in [0.15, 0.2) is 24.7 Å². The van der Waals surface area contributed by atoms with Crippen molar-refractivity contribution in [2.45, 2.75) is 20.1 Å². The van der Waals surface area contributed by atoms with E-state index in [1.165, 1.54) is 0 Å². The van der Waals surface area contributed by atoms with E-state index in [-0.39, 0.29) is 6.61 Å². The molecule has 1 N–H and O–H groups in total. The summed E-state index contributed by atoms with van der Waals surface area (Å²) in [6, 6.07) is 1.98. The van der Waals surface area contributed by atoms with Crippen LogP contribution in [-0.2, 0) is 20.2 Å². The van der Waals surface area contributed by atoms with Crippen LogP contribution in [0.2, 0.25) is 0 Å². The van der Waals surface area contributed by atoms with Gasteiger partial charge in [0.15, 0.2) is 0 Å². The van der Waals surface area contributed by atoms with Gasteiger partial charge in [-0.25, -0.2) is 4.98 Å². The number of hydrogen-bond donors (Lipinski definition) is 1. The third-order valence-corrected chi connectivity index (χ3v) is 2.98. The first-order valence-electron chi connectivity index (χ1n) is 5.85. The van der Waals surface area contributed by atoms with E-state index >= 15 is 0 Å². The highest BCUT2D eigenvalue weighted by Crippen LogP contribution is 2.21. The molecule has 0 aromatic carbocycles. The van der Waals surface area contributed by atoms with Gasteiger partial charge in [0.25, 0.3) is 0 Å². The smallest absolute Gasteiger partial charge is 0.127 e. The quantitative estimate of drug-likeness (QED) is 0.882. The molecule has 0 fully saturated rings. The van der Waals surface area contributed by atoms with E-state index in [1.54, 1.807) is 12.4 Å². The maximum Gasteiger partial charge on any atom is 0.127 e. The molecule has 5 heteroatoms. The minimum Gasteiger partial charge on any atom is -0.392 e. The summed E-state index contributed by atoms with van der Waals surface area (Å²) in [6.07, 6.45) is 5.43. The van der Waals surface area contributed by atoms with Gasteiger partial charge < -0.3 is 14.6 Å². The molecule has 96 valence electrons. The molecular weight excluding hydrogens is 228 g/mol. The van der Waals surface area contributed by atoms with Crippen molar-refractivity contribution in [3.8, 4) is 0 Å². The molecule has 0 aliphatic heterocycles. The Morgan fingerprint density at radius 3 is 2.78 bits per heavy atom. The number of nitrogens with zero attached hydrogens (tertiary/aromatic N) is 4. The van der Waals surface area contributed by atoms with Crippen LogP contribution in [-0.4, -0.2) is 26.7 Å². The van der Waals surface area contributed by atoms with Crippen molar-refractivity contribution in [2.75, 3.05) is 11.9 Å². The van der Waals surface area contributed by atoms with E-state index < -0.39 is 0 Å². The van der Waals surface area contributed by atoms with E-state index in [9.17, 15) is 5.11 Å². The van der Waals surface area contributed by atoms with Gasteiger partial charge in [-0.3, -0.25) is 4.98 Å². The minimum atomic E-state index is -0.00643. The Bertz CT molecular complexity index is 536. The van der Waals surface area contributed by atoms with Crippen molar-refractivity contribution in [3.05, 3.63) is 41.7 Å². The Kier molecular flexibility index (Phi) is 3.62. The molecule has 2 aromatic rings. The van der Waals surface area contributed by atoms with Crippen molar-refractivity contribution in [3.63, 3.8) is 0 Å². The molecule has 0 saturated heterocycles. The van der Waals surface area contributed by atoms with Crippen LogP contribution < -0.4 is 4.90 Å². The summed E-state index contributed by atoms with van der Waals surface area (Å²) in [5.74, 6) is 0.982. The number of aromatic nitrogens is 3. The summed E-state index contributed by atoms with van der Waals surface area (Å²) < 4.78 is 1.99. The van der Waals surface area contributed by atoms with Crippen molar-refractivity contribution in [1.29, 1.82) is 0 Å². The van der Waals surface area contributed by atoms with Gasteiger partial charge in [-0.2, -0.15) is 0 Å². The molecule has 2 aromatic heterocycles. The lowest BCUT2D eigenvalue weighted by Crippen LogP contribution is -2.20. The lowest BCUT2D eigenvalue weighted by atomic mass is 10.2. The van der Waals surface area contributed by atoms with Crippen LogP contribution in [0.5, 0.6) is 0 Å². The molecule has 0 unspecified atom stereocenters. The Balaban J connectivity index is 2.25. The number of rotatable bonds is 4. The van der Waals surface area contributed by atoms with Crippen LogP contribution in [0.3, 0.4) is 0 Å². The molecule has 0 atom stereocenters. The number of anilines is 1. The summed E-state index contributed by atoms with van der Waals surface area (Å²) in [7, 11) is 3.96. The number of aryl methyl sites for hydroxylation is 2. The van der Waals surface area contributed by atoms with Gasteiger partial charge >= 0.3 is 0 Å². The zero-order valence-corrected chi connectivity index (χ0v) is 11.0. The molecule has 0 bridgehead atoms. The summed E-state index contributed by atoms with van der Waals surface area (Å²) in [4.78, 5) is 10.6. The molecule has 2 rings (SSSR count). The van der Waals surface area contributed by atoms with E-state index in [0.717, 1.165) is 22.8 Å². The summed E-state index contributed by atoms with van der Waals surface area (Å²) in [5.41, 5.74) is 2.76. The van der Waals surface area contributed by atoms with Crippen LogP contribution in [0, 0.1) is 6.92 Å². The number of aliphatic hydroxyl groups is 1. The van der Waals surface area contributed by atoms with E-state index in [0.29, 0.717) is 6.54 Å². The molecule has 0 radical (unpaired) electrons. The first-order chi connectivity index (χ1) is 8.61. The number of aliphatic hydroxyl groups excluding tert-OH is 1. The van der Waals surface area contributed by atoms with Gasteiger partial charge in [-0.05, 0) is 13.0 Å². The highest BCUT2D eigenvalue weighted by molar-refractivity contribution is 5.52. The summed E-state index contributed by atoms with van der Waals surface area (Å²) in [5, 5.41) is 9.35. The zero-order chi connectivity index (χ0) is 13.1. The molecule has 0 spiro atoms. The topological polar surface area (TPSA) is 54.2 Å². The fourth-order valence-electron chi connectivity index (χ4n) is 1.90. The van der Waals surface area contributed by atoms with Gasteiger partial charge in [0.2, 0.25) is 0 Å². The fourth-order valence-corrected chi connectivity index (χ4v) is 1.90. The second-order valence-corrected chi connectivity index (χ2v) is 4.42. The summed E-state index contributed by atoms with van der Waals surface area (Å²) >= 11 is 0. The average molecular weight is 246 g/mol.